The Kier molecular flexibility index (Phi) is 11.5. The van der Waals surface area contributed by atoms with Gasteiger partial charge in [-0.05, 0) is 80.0 Å². The minimum Gasteiger partial charge on any atom is -0.463 e. The van der Waals surface area contributed by atoms with Crippen LogP contribution in [0.3, 0.4) is 0 Å². The average molecular weight is 605 g/mol. The van der Waals surface area contributed by atoms with Gasteiger partial charge < -0.3 is 14.2 Å². The second-order valence-electron chi connectivity index (χ2n) is 17.1. The molecule has 2 aliphatic rings. The van der Waals surface area contributed by atoms with E-state index in [1.165, 1.54) is 5.57 Å². The maximum absolute atomic E-state index is 14.7. The summed E-state index contributed by atoms with van der Waals surface area (Å²) in [5, 5.41) is 0. The smallest absolute Gasteiger partial charge is 0.347 e. The van der Waals surface area contributed by atoms with Gasteiger partial charge in [0.05, 0.1) is 17.9 Å². The molecule has 248 valence electrons. The molecule has 0 aromatic carbocycles. The summed E-state index contributed by atoms with van der Waals surface area (Å²) in [5.41, 5.74) is -1.24. The van der Waals surface area contributed by atoms with Crippen molar-refractivity contribution < 1.29 is 28.6 Å². The SMILES string of the molecule is C=C1CC(C)C(C)(OC(=O)C(C)(CC(C)(C)C)C(C)(C)C(C)CC(C(=O)OC2CCOC2=O)C(C)(C)C(C)C)C(CC)C1. The Labute approximate surface area is 263 Å². The number of cyclic esters (lactones) is 1. The quantitative estimate of drug-likeness (QED) is 0.126. The third kappa shape index (κ3) is 7.87. The summed E-state index contributed by atoms with van der Waals surface area (Å²) < 4.78 is 17.6. The highest BCUT2D eigenvalue weighted by molar-refractivity contribution is 5.82. The molecule has 2 rings (SSSR count). The molecule has 0 aromatic rings. The van der Waals surface area contributed by atoms with Gasteiger partial charge in [-0.3, -0.25) is 9.59 Å². The van der Waals surface area contributed by atoms with Gasteiger partial charge in [-0.25, -0.2) is 4.79 Å². The van der Waals surface area contributed by atoms with Gasteiger partial charge in [0.15, 0.2) is 0 Å². The zero-order chi connectivity index (χ0) is 33.3. The van der Waals surface area contributed by atoms with Crippen LogP contribution in [-0.4, -0.2) is 36.2 Å². The molecule has 0 radical (unpaired) electrons. The van der Waals surface area contributed by atoms with Gasteiger partial charge in [-0.1, -0.05) is 95.2 Å². The molecule has 1 heterocycles. The summed E-state index contributed by atoms with van der Waals surface area (Å²) in [5.74, 6) is -0.905. The number of carbonyl (C=O) groups is 3. The number of carbonyl (C=O) groups excluding carboxylic acids is 3. The maximum Gasteiger partial charge on any atom is 0.347 e. The Morgan fingerprint density at radius 3 is 2.09 bits per heavy atom. The van der Waals surface area contributed by atoms with E-state index < -0.39 is 39.8 Å². The van der Waals surface area contributed by atoms with Crippen LogP contribution in [0, 0.1) is 51.2 Å². The summed E-state index contributed by atoms with van der Waals surface area (Å²) in [6.07, 6.45) is 3.37. The van der Waals surface area contributed by atoms with Crippen LogP contribution < -0.4 is 0 Å². The topological polar surface area (TPSA) is 78.9 Å². The third-order valence-electron chi connectivity index (χ3n) is 12.1. The molecule has 0 aromatic heterocycles. The van der Waals surface area contributed by atoms with E-state index in [-0.39, 0.29) is 47.6 Å². The largest absolute Gasteiger partial charge is 0.463 e. The first-order valence-electron chi connectivity index (χ1n) is 16.7. The molecule has 0 spiro atoms. The minimum atomic E-state index is -0.844. The highest BCUT2D eigenvalue weighted by atomic mass is 16.6. The molecule has 6 heteroatoms. The van der Waals surface area contributed by atoms with Crippen molar-refractivity contribution in [2.75, 3.05) is 6.61 Å². The fraction of sp³-hybridized carbons (Fsp3) is 0.865. The monoisotopic (exact) mass is 604 g/mol. The van der Waals surface area contributed by atoms with Crippen LogP contribution >= 0.6 is 0 Å². The highest BCUT2D eigenvalue weighted by Gasteiger charge is 2.56. The molecule has 0 amide bonds. The molecule has 2 fully saturated rings. The molecular weight excluding hydrogens is 540 g/mol. The molecular formula is C37H64O6. The second kappa shape index (κ2) is 13.3. The van der Waals surface area contributed by atoms with Crippen molar-refractivity contribution >= 4 is 17.9 Å². The standard InChI is InChI=1S/C37H64O6/c1-16-27-20-24(4)19-26(6)37(27,15)43-32(40)36(14,22-33(7,8)9)35(12,13)25(5)21-28(34(10,11)23(2)3)30(38)42-29-17-18-41-31(29)39/h23,25-29H,4,16-22H2,1-3,5-15H3. The van der Waals surface area contributed by atoms with Crippen molar-refractivity contribution in [1.82, 2.24) is 0 Å². The van der Waals surface area contributed by atoms with E-state index in [9.17, 15) is 14.4 Å². The van der Waals surface area contributed by atoms with Crippen LogP contribution in [-0.2, 0) is 28.6 Å². The number of hydrogen-bond donors (Lipinski definition) is 0. The summed E-state index contributed by atoms with van der Waals surface area (Å²) in [4.78, 5) is 40.6. The van der Waals surface area contributed by atoms with E-state index in [4.69, 9.17) is 14.2 Å². The Morgan fingerprint density at radius 2 is 1.63 bits per heavy atom. The van der Waals surface area contributed by atoms with Crippen molar-refractivity contribution in [3.05, 3.63) is 12.2 Å². The van der Waals surface area contributed by atoms with Crippen molar-refractivity contribution in [3.8, 4) is 0 Å². The van der Waals surface area contributed by atoms with E-state index in [1.807, 2.05) is 0 Å². The van der Waals surface area contributed by atoms with Gasteiger partial charge in [-0.15, -0.1) is 0 Å². The third-order valence-corrected chi connectivity index (χ3v) is 12.1. The predicted octanol–water partition coefficient (Wildman–Crippen LogP) is 8.95. The lowest BCUT2D eigenvalue weighted by molar-refractivity contribution is -0.198. The molecule has 1 saturated carbocycles. The first kappa shape index (κ1) is 37.3. The lowest BCUT2D eigenvalue weighted by Gasteiger charge is -2.53. The molecule has 43 heavy (non-hydrogen) atoms. The molecule has 1 saturated heterocycles. The van der Waals surface area contributed by atoms with Gasteiger partial charge in [0, 0.05) is 12.3 Å². The first-order chi connectivity index (χ1) is 19.4. The van der Waals surface area contributed by atoms with E-state index in [1.54, 1.807) is 0 Å². The van der Waals surface area contributed by atoms with Crippen molar-refractivity contribution in [2.45, 2.75) is 147 Å². The van der Waals surface area contributed by atoms with Gasteiger partial charge in [0.25, 0.3) is 0 Å². The Morgan fingerprint density at radius 1 is 1.05 bits per heavy atom. The zero-order valence-electron chi connectivity index (χ0n) is 30.1. The molecule has 7 atom stereocenters. The number of hydrogen-bond acceptors (Lipinski definition) is 6. The Balaban J connectivity index is 2.49. The number of allylic oxidation sites excluding steroid dienone is 1. The number of rotatable bonds is 12. The molecule has 6 nitrogen and oxygen atoms in total. The van der Waals surface area contributed by atoms with Crippen LogP contribution in [0.5, 0.6) is 0 Å². The lowest BCUT2D eigenvalue weighted by Crippen LogP contribution is -2.55. The Bertz CT molecular complexity index is 1030. The van der Waals surface area contributed by atoms with Crippen molar-refractivity contribution in [1.29, 1.82) is 0 Å². The molecule has 0 N–H and O–H groups in total. The summed E-state index contributed by atoms with van der Waals surface area (Å²) in [6.45, 7) is 34.5. The van der Waals surface area contributed by atoms with E-state index >= 15 is 0 Å². The summed E-state index contributed by atoms with van der Waals surface area (Å²) in [7, 11) is 0. The average Bonchev–Trinajstić information content (AvgIpc) is 3.26. The summed E-state index contributed by atoms with van der Waals surface area (Å²) >= 11 is 0. The number of esters is 3. The van der Waals surface area contributed by atoms with Crippen LogP contribution in [0.1, 0.15) is 135 Å². The molecule has 1 aliphatic carbocycles. The van der Waals surface area contributed by atoms with Gasteiger partial charge in [0.1, 0.15) is 5.60 Å². The normalized spacial score (nSPS) is 28.2. The van der Waals surface area contributed by atoms with Crippen molar-refractivity contribution in [2.24, 2.45) is 51.2 Å². The van der Waals surface area contributed by atoms with E-state index in [0.29, 0.717) is 19.3 Å². The van der Waals surface area contributed by atoms with E-state index in [2.05, 4.69) is 104 Å². The maximum atomic E-state index is 14.7. The van der Waals surface area contributed by atoms with Crippen LogP contribution in [0.2, 0.25) is 0 Å². The van der Waals surface area contributed by atoms with E-state index in [0.717, 1.165) is 19.3 Å². The summed E-state index contributed by atoms with van der Waals surface area (Å²) in [6, 6.07) is 0. The van der Waals surface area contributed by atoms with Crippen molar-refractivity contribution in [3.63, 3.8) is 0 Å². The van der Waals surface area contributed by atoms with Gasteiger partial charge in [0.2, 0.25) is 6.10 Å². The second-order valence-corrected chi connectivity index (χ2v) is 17.1. The zero-order valence-corrected chi connectivity index (χ0v) is 30.1. The van der Waals surface area contributed by atoms with Gasteiger partial charge >= 0.3 is 17.9 Å². The fourth-order valence-corrected chi connectivity index (χ4v) is 7.45. The molecule has 7 unspecified atom stereocenters. The first-order valence-corrected chi connectivity index (χ1v) is 16.7. The van der Waals surface area contributed by atoms with Crippen LogP contribution in [0.4, 0.5) is 0 Å². The predicted molar refractivity (Wildman–Crippen MR) is 173 cm³/mol. The number of ether oxygens (including phenoxy) is 3. The fourth-order valence-electron chi connectivity index (χ4n) is 7.45. The highest BCUT2D eigenvalue weighted by Crippen LogP contribution is 2.56. The van der Waals surface area contributed by atoms with Gasteiger partial charge in [-0.2, -0.15) is 0 Å². The van der Waals surface area contributed by atoms with Crippen LogP contribution in [0.25, 0.3) is 0 Å². The Hall–Kier alpha value is -1.85. The lowest BCUT2D eigenvalue weighted by atomic mass is 9.53. The molecule has 0 bridgehead atoms. The minimum absolute atomic E-state index is 0.0446. The molecule has 1 aliphatic heterocycles. The van der Waals surface area contributed by atoms with Crippen LogP contribution in [0.15, 0.2) is 12.2 Å².